The van der Waals surface area contributed by atoms with Crippen molar-refractivity contribution in [3.63, 3.8) is 0 Å². The zero-order chi connectivity index (χ0) is 15.3. The van der Waals surface area contributed by atoms with Crippen LogP contribution in [0.5, 0.6) is 5.75 Å². The van der Waals surface area contributed by atoms with E-state index in [-0.39, 0.29) is 16.9 Å². The summed E-state index contributed by atoms with van der Waals surface area (Å²) in [6.07, 6.45) is 6.65. The Kier molecular flexibility index (Phi) is 5.45. The number of hydrogen-bond acceptors (Lipinski definition) is 4. The Hall–Kier alpha value is -1.30. The second-order valence-electron chi connectivity index (χ2n) is 5.73. The van der Waals surface area contributed by atoms with Crippen molar-refractivity contribution in [1.82, 2.24) is 0 Å². The Labute approximate surface area is 129 Å². The van der Waals surface area contributed by atoms with E-state index in [1.165, 1.54) is 12.8 Å². The van der Waals surface area contributed by atoms with Gasteiger partial charge in [0.05, 0.1) is 11.5 Å². The van der Waals surface area contributed by atoms with Crippen molar-refractivity contribution < 1.29 is 14.1 Å². The zero-order valence-corrected chi connectivity index (χ0v) is 12.8. The summed E-state index contributed by atoms with van der Waals surface area (Å²) in [5, 5.41) is 11.0. The van der Waals surface area contributed by atoms with Gasteiger partial charge in [-0.15, -0.1) is 0 Å². The van der Waals surface area contributed by atoms with Crippen molar-refractivity contribution in [2.75, 3.05) is 12.4 Å². The van der Waals surface area contributed by atoms with E-state index < -0.39 is 10.7 Å². The molecule has 0 aromatic heterocycles. The first kappa shape index (κ1) is 16.1. The summed E-state index contributed by atoms with van der Waals surface area (Å²) in [6.45, 7) is 0.348. The summed E-state index contributed by atoms with van der Waals surface area (Å²) in [6, 6.07) is 3.30. The lowest BCUT2D eigenvalue weighted by molar-refractivity contribution is -0.386. The Balaban J connectivity index is 2.13. The molecule has 0 spiro atoms. The molecular weight excluding hydrogens is 293 g/mol. The number of rotatable bonds is 5. The van der Waals surface area contributed by atoms with Crippen molar-refractivity contribution in [1.29, 1.82) is 0 Å². The second kappa shape index (κ2) is 7.11. The number of nitro groups is 1. The summed E-state index contributed by atoms with van der Waals surface area (Å²) in [7, 11) is 0. The van der Waals surface area contributed by atoms with Gasteiger partial charge in [-0.25, -0.2) is 4.39 Å². The number of nitro benzene ring substituents is 1. The highest BCUT2D eigenvalue weighted by molar-refractivity contribution is 7.80. The molecule has 21 heavy (non-hydrogen) atoms. The number of nitrogens with zero attached hydrogens (tertiary/aromatic N) is 1. The van der Waals surface area contributed by atoms with Gasteiger partial charge in [0, 0.05) is 17.5 Å². The van der Waals surface area contributed by atoms with E-state index in [0.717, 1.165) is 43.9 Å². The van der Waals surface area contributed by atoms with E-state index in [4.69, 9.17) is 4.74 Å². The zero-order valence-electron chi connectivity index (χ0n) is 11.9. The Morgan fingerprint density at radius 2 is 1.95 bits per heavy atom. The molecule has 1 fully saturated rings. The summed E-state index contributed by atoms with van der Waals surface area (Å²) >= 11 is 4.44. The van der Waals surface area contributed by atoms with Crippen LogP contribution in [0.4, 0.5) is 10.1 Å². The molecule has 6 heteroatoms. The largest absolute Gasteiger partial charge is 0.486 e. The third-order valence-corrected chi connectivity index (χ3v) is 4.82. The maximum Gasteiger partial charge on any atom is 0.311 e. The van der Waals surface area contributed by atoms with E-state index in [0.29, 0.717) is 12.4 Å². The smallest absolute Gasteiger partial charge is 0.311 e. The van der Waals surface area contributed by atoms with Crippen LogP contribution in [0, 0.1) is 21.3 Å². The normalized spacial score (nSPS) is 18.0. The van der Waals surface area contributed by atoms with Crippen LogP contribution in [0.1, 0.15) is 38.5 Å². The predicted octanol–water partition coefficient (Wildman–Crippen LogP) is 4.38. The Morgan fingerprint density at radius 3 is 2.52 bits per heavy atom. The third-order valence-electron chi connectivity index (χ3n) is 4.15. The van der Waals surface area contributed by atoms with Crippen LogP contribution in [-0.4, -0.2) is 17.3 Å². The highest BCUT2D eigenvalue weighted by Crippen LogP contribution is 2.38. The lowest BCUT2D eigenvalue weighted by Crippen LogP contribution is -2.30. The molecule has 0 saturated heterocycles. The van der Waals surface area contributed by atoms with Crippen LogP contribution >= 0.6 is 12.6 Å². The van der Waals surface area contributed by atoms with E-state index in [9.17, 15) is 14.5 Å². The molecule has 0 amide bonds. The summed E-state index contributed by atoms with van der Waals surface area (Å²) in [5.74, 6) is 0.151. The first-order valence-corrected chi connectivity index (χ1v) is 7.87. The number of halogens is 1. The van der Waals surface area contributed by atoms with Gasteiger partial charge in [-0.05, 0) is 24.7 Å². The number of ether oxygens (including phenoxy) is 1. The summed E-state index contributed by atoms with van der Waals surface area (Å²) < 4.78 is 18.9. The van der Waals surface area contributed by atoms with Crippen LogP contribution in [-0.2, 0) is 0 Å². The van der Waals surface area contributed by atoms with Gasteiger partial charge in [-0.2, -0.15) is 12.6 Å². The van der Waals surface area contributed by atoms with Crippen LogP contribution in [0.3, 0.4) is 0 Å². The van der Waals surface area contributed by atoms with Crippen molar-refractivity contribution >= 4 is 18.3 Å². The monoisotopic (exact) mass is 313 g/mol. The van der Waals surface area contributed by atoms with E-state index in [1.807, 2.05) is 0 Å². The quantitative estimate of drug-likeness (QED) is 0.380. The molecule has 0 radical (unpaired) electrons. The molecule has 1 aromatic carbocycles. The first-order valence-electron chi connectivity index (χ1n) is 7.24. The fourth-order valence-electron chi connectivity index (χ4n) is 2.81. The molecule has 1 aromatic rings. The molecule has 1 aliphatic rings. The minimum Gasteiger partial charge on any atom is -0.486 e. The lowest BCUT2D eigenvalue weighted by atomic mass is 9.83. The standard InChI is InChI=1S/C15H20FNO3S/c16-12-5-6-13(17(18)19)14(9-12)20-10-15(11-21)7-3-1-2-4-8-15/h5-6,9,21H,1-4,7-8,10-11H2. The molecule has 0 heterocycles. The van der Waals surface area contributed by atoms with Crippen LogP contribution in [0.2, 0.25) is 0 Å². The molecule has 1 saturated carbocycles. The average Bonchev–Trinajstić information content (AvgIpc) is 2.71. The van der Waals surface area contributed by atoms with Crippen molar-refractivity contribution in [2.45, 2.75) is 38.5 Å². The fourth-order valence-corrected chi connectivity index (χ4v) is 3.22. The Bertz CT molecular complexity index is 502. The van der Waals surface area contributed by atoms with Gasteiger partial charge in [0.25, 0.3) is 0 Å². The molecule has 0 unspecified atom stereocenters. The maximum atomic E-state index is 13.3. The molecule has 4 nitrogen and oxygen atoms in total. The molecule has 1 aliphatic carbocycles. The Morgan fingerprint density at radius 1 is 1.29 bits per heavy atom. The van der Waals surface area contributed by atoms with Gasteiger partial charge in [-0.1, -0.05) is 25.7 Å². The molecule has 2 rings (SSSR count). The van der Waals surface area contributed by atoms with Gasteiger partial charge in [0.1, 0.15) is 5.82 Å². The SMILES string of the molecule is O=[N+]([O-])c1ccc(F)cc1OCC1(CS)CCCCCC1. The fraction of sp³-hybridized carbons (Fsp3) is 0.600. The average molecular weight is 313 g/mol. The van der Waals surface area contributed by atoms with Gasteiger partial charge in [0.2, 0.25) is 0 Å². The molecule has 0 bridgehead atoms. The number of thiol groups is 1. The van der Waals surface area contributed by atoms with E-state index >= 15 is 0 Å². The topological polar surface area (TPSA) is 52.4 Å². The maximum absolute atomic E-state index is 13.3. The molecular formula is C15H20FNO3S. The van der Waals surface area contributed by atoms with Crippen LogP contribution < -0.4 is 4.74 Å². The summed E-state index contributed by atoms with van der Waals surface area (Å²) in [5.41, 5.74) is -0.265. The van der Waals surface area contributed by atoms with Crippen molar-refractivity contribution in [2.24, 2.45) is 5.41 Å². The second-order valence-corrected chi connectivity index (χ2v) is 6.05. The summed E-state index contributed by atoms with van der Waals surface area (Å²) in [4.78, 5) is 10.4. The molecule has 116 valence electrons. The number of hydrogen-bond donors (Lipinski definition) is 1. The van der Waals surface area contributed by atoms with Gasteiger partial charge < -0.3 is 4.74 Å². The predicted molar refractivity (Wildman–Crippen MR) is 82.5 cm³/mol. The van der Waals surface area contributed by atoms with E-state index in [1.54, 1.807) is 0 Å². The van der Waals surface area contributed by atoms with Crippen molar-refractivity contribution in [3.05, 3.63) is 34.1 Å². The highest BCUT2D eigenvalue weighted by Gasteiger charge is 2.31. The molecule has 0 atom stereocenters. The lowest BCUT2D eigenvalue weighted by Gasteiger charge is -2.30. The van der Waals surface area contributed by atoms with E-state index in [2.05, 4.69) is 12.6 Å². The minimum atomic E-state index is -0.546. The van der Waals surface area contributed by atoms with Crippen molar-refractivity contribution in [3.8, 4) is 5.75 Å². The molecule has 0 N–H and O–H groups in total. The number of benzene rings is 1. The minimum absolute atomic E-state index is 0.00500. The first-order chi connectivity index (χ1) is 10.1. The third kappa shape index (κ3) is 4.09. The molecule has 0 aliphatic heterocycles. The highest BCUT2D eigenvalue weighted by atomic mass is 32.1. The van der Waals surface area contributed by atoms with Crippen LogP contribution in [0.15, 0.2) is 18.2 Å². The van der Waals surface area contributed by atoms with Gasteiger partial charge >= 0.3 is 5.69 Å². The van der Waals surface area contributed by atoms with Crippen LogP contribution in [0.25, 0.3) is 0 Å². The van der Waals surface area contributed by atoms with Gasteiger partial charge in [-0.3, -0.25) is 10.1 Å². The van der Waals surface area contributed by atoms with Gasteiger partial charge in [0.15, 0.2) is 5.75 Å².